The first kappa shape index (κ1) is 9.97. The summed E-state index contributed by atoms with van der Waals surface area (Å²) >= 11 is 1.86. The standard InChI is InChI=1S/C13H12O2S/c14-13(9-5-6-16-8-9)11-7-15-12-4-2-1-3-10(11)12/h1-4,7,9H,5-6,8H2. The fourth-order valence-corrected chi connectivity index (χ4v) is 3.35. The molecule has 1 unspecified atom stereocenters. The minimum atomic E-state index is 0.186. The van der Waals surface area contributed by atoms with E-state index >= 15 is 0 Å². The molecule has 2 nitrogen and oxygen atoms in total. The van der Waals surface area contributed by atoms with Crippen LogP contribution in [-0.2, 0) is 0 Å². The summed E-state index contributed by atoms with van der Waals surface area (Å²) < 4.78 is 5.40. The molecule has 0 saturated carbocycles. The predicted molar refractivity (Wildman–Crippen MR) is 66.0 cm³/mol. The summed E-state index contributed by atoms with van der Waals surface area (Å²) in [6.07, 6.45) is 2.61. The maximum absolute atomic E-state index is 12.2. The third kappa shape index (κ3) is 1.55. The zero-order valence-electron chi connectivity index (χ0n) is 8.81. The Bertz CT molecular complexity index is 523. The van der Waals surface area contributed by atoms with E-state index in [2.05, 4.69) is 0 Å². The first-order chi connectivity index (χ1) is 7.86. The molecule has 1 atom stereocenters. The van der Waals surface area contributed by atoms with Gasteiger partial charge in [0.25, 0.3) is 0 Å². The molecule has 1 aliphatic rings. The van der Waals surface area contributed by atoms with Crippen molar-refractivity contribution in [2.24, 2.45) is 5.92 Å². The van der Waals surface area contributed by atoms with Gasteiger partial charge < -0.3 is 4.42 Å². The van der Waals surface area contributed by atoms with E-state index in [1.165, 1.54) is 0 Å². The molecule has 3 heteroatoms. The van der Waals surface area contributed by atoms with E-state index in [1.54, 1.807) is 6.26 Å². The second kappa shape index (κ2) is 3.98. The smallest absolute Gasteiger partial charge is 0.170 e. The Balaban J connectivity index is 2.02. The fourth-order valence-electron chi connectivity index (χ4n) is 2.13. The topological polar surface area (TPSA) is 30.2 Å². The molecule has 2 aromatic rings. The van der Waals surface area contributed by atoms with E-state index in [0.29, 0.717) is 0 Å². The zero-order chi connectivity index (χ0) is 11.0. The lowest BCUT2D eigenvalue weighted by Crippen LogP contribution is -2.13. The van der Waals surface area contributed by atoms with Crippen LogP contribution in [0.3, 0.4) is 0 Å². The largest absolute Gasteiger partial charge is 0.464 e. The van der Waals surface area contributed by atoms with Crippen molar-refractivity contribution in [2.75, 3.05) is 11.5 Å². The number of Topliss-reactive ketones (excluding diaryl/α,β-unsaturated/α-hetero) is 1. The SMILES string of the molecule is O=C(c1coc2ccccc12)C1CCSC1. The Kier molecular flexibility index (Phi) is 2.48. The number of fused-ring (bicyclic) bond motifs is 1. The van der Waals surface area contributed by atoms with E-state index in [9.17, 15) is 4.79 Å². The number of thioether (sulfide) groups is 1. The van der Waals surface area contributed by atoms with Gasteiger partial charge in [0.2, 0.25) is 0 Å². The average molecular weight is 232 g/mol. The molecule has 2 heterocycles. The van der Waals surface area contributed by atoms with Gasteiger partial charge in [0.05, 0.1) is 5.56 Å². The maximum Gasteiger partial charge on any atom is 0.170 e. The zero-order valence-corrected chi connectivity index (χ0v) is 9.63. The first-order valence-electron chi connectivity index (χ1n) is 5.44. The van der Waals surface area contributed by atoms with Crippen LogP contribution in [-0.4, -0.2) is 17.3 Å². The van der Waals surface area contributed by atoms with Gasteiger partial charge in [-0.15, -0.1) is 0 Å². The van der Waals surface area contributed by atoms with E-state index in [1.807, 2.05) is 36.0 Å². The minimum Gasteiger partial charge on any atom is -0.464 e. The van der Waals surface area contributed by atoms with Crippen molar-refractivity contribution in [1.82, 2.24) is 0 Å². The highest BCUT2D eigenvalue weighted by molar-refractivity contribution is 7.99. The summed E-state index contributed by atoms with van der Waals surface area (Å²) in [7, 11) is 0. The Morgan fingerprint density at radius 2 is 2.25 bits per heavy atom. The van der Waals surface area contributed by atoms with Gasteiger partial charge in [-0.3, -0.25) is 4.79 Å². The highest BCUT2D eigenvalue weighted by atomic mass is 32.2. The van der Waals surface area contributed by atoms with Crippen LogP contribution >= 0.6 is 11.8 Å². The number of carbonyl (C=O) groups excluding carboxylic acids is 1. The third-order valence-electron chi connectivity index (χ3n) is 3.05. The number of rotatable bonds is 2. The summed E-state index contributed by atoms with van der Waals surface area (Å²) in [5, 5.41) is 0.949. The molecule has 0 amide bonds. The normalized spacial score (nSPS) is 20.4. The van der Waals surface area contributed by atoms with Crippen LogP contribution in [0.4, 0.5) is 0 Å². The number of benzene rings is 1. The lowest BCUT2D eigenvalue weighted by molar-refractivity contribution is 0.0934. The lowest BCUT2D eigenvalue weighted by atomic mass is 9.97. The molecule has 82 valence electrons. The van der Waals surface area contributed by atoms with E-state index in [0.717, 1.165) is 34.5 Å². The molecule has 1 aromatic carbocycles. The second-order valence-corrected chi connectivity index (χ2v) is 5.22. The average Bonchev–Trinajstić information content (AvgIpc) is 2.98. The van der Waals surface area contributed by atoms with E-state index in [4.69, 9.17) is 4.42 Å². The van der Waals surface area contributed by atoms with Crippen LogP contribution < -0.4 is 0 Å². The number of furan rings is 1. The molecule has 0 spiro atoms. The van der Waals surface area contributed by atoms with Gasteiger partial charge in [-0.1, -0.05) is 18.2 Å². The summed E-state index contributed by atoms with van der Waals surface area (Å²) in [6.45, 7) is 0. The number of hydrogen-bond donors (Lipinski definition) is 0. The fraction of sp³-hybridized carbons (Fsp3) is 0.308. The molecule has 0 N–H and O–H groups in total. The Morgan fingerprint density at radius 1 is 1.38 bits per heavy atom. The van der Waals surface area contributed by atoms with Crippen LogP contribution in [0.2, 0.25) is 0 Å². The number of para-hydroxylation sites is 1. The predicted octanol–water partition coefficient (Wildman–Crippen LogP) is 3.37. The summed E-state index contributed by atoms with van der Waals surface area (Å²) in [5.74, 6) is 2.49. The van der Waals surface area contributed by atoms with Crippen LogP contribution in [0.5, 0.6) is 0 Å². The maximum atomic E-state index is 12.2. The van der Waals surface area contributed by atoms with Crippen molar-refractivity contribution < 1.29 is 9.21 Å². The quantitative estimate of drug-likeness (QED) is 0.744. The van der Waals surface area contributed by atoms with Crippen molar-refractivity contribution in [3.8, 4) is 0 Å². The number of ketones is 1. The molecule has 1 fully saturated rings. The van der Waals surface area contributed by atoms with Gasteiger partial charge in [0, 0.05) is 17.1 Å². The van der Waals surface area contributed by atoms with Crippen molar-refractivity contribution in [3.63, 3.8) is 0 Å². The molecule has 1 aliphatic heterocycles. The molecule has 16 heavy (non-hydrogen) atoms. The number of carbonyl (C=O) groups is 1. The Labute approximate surface area is 98.0 Å². The summed E-state index contributed by atoms with van der Waals surface area (Å²) in [4.78, 5) is 12.2. The Morgan fingerprint density at radius 3 is 3.06 bits per heavy atom. The van der Waals surface area contributed by atoms with Crippen LogP contribution in [0.25, 0.3) is 11.0 Å². The summed E-state index contributed by atoms with van der Waals surface area (Å²) in [5.41, 5.74) is 1.56. The molecule has 0 radical (unpaired) electrons. The van der Waals surface area contributed by atoms with Crippen molar-refractivity contribution >= 4 is 28.5 Å². The molecular weight excluding hydrogens is 220 g/mol. The second-order valence-electron chi connectivity index (χ2n) is 4.07. The minimum absolute atomic E-state index is 0.186. The highest BCUT2D eigenvalue weighted by Gasteiger charge is 2.26. The van der Waals surface area contributed by atoms with Gasteiger partial charge in [-0.2, -0.15) is 11.8 Å². The summed E-state index contributed by atoms with van der Waals surface area (Å²) in [6, 6.07) is 7.72. The molecular formula is C13H12O2S. The first-order valence-corrected chi connectivity index (χ1v) is 6.60. The van der Waals surface area contributed by atoms with E-state index < -0.39 is 0 Å². The van der Waals surface area contributed by atoms with Gasteiger partial charge in [-0.25, -0.2) is 0 Å². The monoisotopic (exact) mass is 232 g/mol. The van der Waals surface area contributed by atoms with Crippen LogP contribution in [0.15, 0.2) is 34.9 Å². The molecule has 0 aliphatic carbocycles. The molecule has 1 saturated heterocycles. The van der Waals surface area contributed by atoms with Crippen molar-refractivity contribution in [2.45, 2.75) is 6.42 Å². The van der Waals surface area contributed by atoms with Crippen molar-refractivity contribution in [1.29, 1.82) is 0 Å². The molecule has 1 aromatic heterocycles. The van der Waals surface area contributed by atoms with Gasteiger partial charge in [0.15, 0.2) is 5.78 Å². The van der Waals surface area contributed by atoms with Crippen LogP contribution in [0, 0.1) is 5.92 Å². The third-order valence-corrected chi connectivity index (χ3v) is 4.21. The Hall–Kier alpha value is -1.22. The van der Waals surface area contributed by atoms with Gasteiger partial charge in [0.1, 0.15) is 11.8 Å². The van der Waals surface area contributed by atoms with Gasteiger partial charge in [-0.05, 0) is 18.2 Å². The van der Waals surface area contributed by atoms with E-state index in [-0.39, 0.29) is 11.7 Å². The van der Waals surface area contributed by atoms with Crippen LogP contribution in [0.1, 0.15) is 16.8 Å². The molecule has 0 bridgehead atoms. The van der Waals surface area contributed by atoms with Crippen molar-refractivity contribution in [3.05, 3.63) is 36.1 Å². The number of hydrogen-bond acceptors (Lipinski definition) is 3. The van der Waals surface area contributed by atoms with Gasteiger partial charge >= 0.3 is 0 Å². The lowest BCUT2D eigenvalue weighted by Gasteiger charge is -2.04. The molecule has 3 rings (SSSR count). The highest BCUT2D eigenvalue weighted by Crippen LogP contribution is 2.30.